The number of nitrogens with one attached hydrogen (secondary N) is 2. The van der Waals surface area contributed by atoms with Crippen molar-refractivity contribution in [3.63, 3.8) is 0 Å². The number of carbonyl (C=O) groups is 2. The van der Waals surface area contributed by atoms with Gasteiger partial charge >= 0.3 is 0 Å². The van der Waals surface area contributed by atoms with E-state index in [0.29, 0.717) is 35.9 Å². The van der Waals surface area contributed by atoms with E-state index in [-0.39, 0.29) is 36.8 Å². The fraction of sp³-hybridized carbons (Fsp3) is 0.273. The van der Waals surface area contributed by atoms with Gasteiger partial charge in [-0.1, -0.05) is 12.1 Å². The third-order valence-electron chi connectivity index (χ3n) is 5.13. The van der Waals surface area contributed by atoms with E-state index < -0.39 is 0 Å². The lowest BCUT2D eigenvalue weighted by Crippen LogP contribution is -2.30. The fourth-order valence-electron chi connectivity index (χ4n) is 3.49. The molecule has 2 aromatic heterocycles. The van der Waals surface area contributed by atoms with E-state index in [2.05, 4.69) is 20.6 Å². The highest BCUT2D eigenvalue weighted by Crippen LogP contribution is 2.22. The maximum Gasteiger partial charge on any atom is 0.268 e. The number of rotatable bonds is 6. The van der Waals surface area contributed by atoms with E-state index >= 15 is 0 Å². The second-order valence-electron chi connectivity index (χ2n) is 7.19. The molecule has 9 heteroatoms. The van der Waals surface area contributed by atoms with Crippen LogP contribution in [0.25, 0.3) is 0 Å². The van der Waals surface area contributed by atoms with Gasteiger partial charge in [0.2, 0.25) is 0 Å². The number of amides is 2. The molecule has 1 aliphatic heterocycles. The first kappa shape index (κ1) is 20.7. The van der Waals surface area contributed by atoms with Crippen LogP contribution in [0.4, 0.5) is 4.39 Å². The largest absolute Gasteiger partial charge is 0.373 e. The van der Waals surface area contributed by atoms with Crippen molar-refractivity contribution in [2.24, 2.45) is 0 Å². The highest BCUT2D eigenvalue weighted by Gasteiger charge is 2.26. The Bertz CT molecular complexity index is 1080. The van der Waals surface area contributed by atoms with E-state index in [1.807, 2.05) is 11.5 Å². The number of aromatic nitrogens is 3. The number of fused-ring (bicyclic) bond motifs is 1. The average Bonchev–Trinajstić information content (AvgIpc) is 3.18. The highest BCUT2D eigenvalue weighted by molar-refractivity contribution is 6.00. The van der Waals surface area contributed by atoms with Crippen molar-refractivity contribution >= 4 is 11.8 Å². The van der Waals surface area contributed by atoms with Gasteiger partial charge in [0.15, 0.2) is 0 Å². The second kappa shape index (κ2) is 9.05. The smallest absolute Gasteiger partial charge is 0.268 e. The van der Waals surface area contributed by atoms with E-state index in [0.717, 1.165) is 5.56 Å². The minimum Gasteiger partial charge on any atom is -0.373 e. The van der Waals surface area contributed by atoms with Gasteiger partial charge in [-0.3, -0.25) is 9.59 Å². The molecule has 0 saturated carbocycles. The molecular weight excluding hydrogens is 401 g/mol. The van der Waals surface area contributed by atoms with Crippen molar-refractivity contribution in [3.8, 4) is 0 Å². The van der Waals surface area contributed by atoms with Gasteiger partial charge in [-0.25, -0.2) is 14.4 Å². The first-order valence-corrected chi connectivity index (χ1v) is 9.93. The van der Waals surface area contributed by atoms with Crippen LogP contribution in [-0.2, 0) is 24.4 Å². The number of hydrogen-bond donors (Lipinski definition) is 2. The monoisotopic (exact) mass is 423 g/mol. The van der Waals surface area contributed by atoms with Crippen molar-refractivity contribution in [1.29, 1.82) is 0 Å². The van der Waals surface area contributed by atoms with Crippen molar-refractivity contribution in [3.05, 3.63) is 82.9 Å². The Morgan fingerprint density at radius 3 is 2.68 bits per heavy atom. The molecule has 0 bridgehead atoms. The van der Waals surface area contributed by atoms with Gasteiger partial charge < -0.3 is 19.9 Å². The SMILES string of the molecule is C[C@@H](NC(=O)c1cc(C(=O)NCc2ncccn2)c2n1CCOC2)c1ccc(F)cc1. The van der Waals surface area contributed by atoms with Crippen molar-refractivity contribution in [2.45, 2.75) is 32.7 Å². The first-order valence-electron chi connectivity index (χ1n) is 9.93. The molecular formula is C22H22FN5O3. The molecule has 0 fully saturated rings. The molecule has 2 amide bonds. The number of benzene rings is 1. The molecule has 4 rings (SSSR count). The van der Waals surface area contributed by atoms with Crippen molar-refractivity contribution in [2.75, 3.05) is 6.61 Å². The lowest BCUT2D eigenvalue weighted by Gasteiger charge is -2.20. The van der Waals surface area contributed by atoms with Gasteiger partial charge in [0.25, 0.3) is 11.8 Å². The fourth-order valence-corrected chi connectivity index (χ4v) is 3.49. The highest BCUT2D eigenvalue weighted by atomic mass is 19.1. The van der Waals surface area contributed by atoms with Crippen molar-refractivity contribution in [1.82, 2.24) is 25.2 Å². The Morgan fingerprint density at radius 2 is 1.94 bits per heavy atom. The first-order chi connectivity index (χ1) is 15.0. The van der Waals surface area contributed by atoms with Gasteiger partial charge in [0, 0.05) is 18.9 Å². The van der Waals surface area contributed by atoms with Crippen LogP contribution < -0.4 is 10.6 Å². The molecule has 0 unspecified atom stereocenters. The summed E-state index contributed by atoms with van der Waals surface area (Å²) < 4.78 is 20.5. The van der Waals surface area contributed by atoms with Crippen LogP contribution in [0.15, 0.2) is 48.8 Å². The van der Waals surface area contributed by atoms with Gasteiger partial charge in [-0.2, -0.15) is 0 Å². The molecule has 1 aliphatic rings. The number of hydrogen-bond acceptors (Lipinski definition) is 5. The molecule has 0 aliphatic carbocycles. The maximum atomic E-state index is 13.2. The van der Waals surface area contributed by atoms with E-state index in [4.69, 9.17) is 4.74 Å². The molecule has 2 N–H and O–H groups in total. The molecule has 0 radical (unpaired) electrons. The van der Waals surface area contributed by atoms with Crippen LogP contribution in [0.5, 0.6) is 0 Å². The normalized spacial score (nSPS) is 13.9. The Labute approximate surface area is 178 Å². The summed E-state index contributed by atoms with van der Waals surface area (Å²) in [5, 5.41) is 5.71. The predicted octanol–water partition coefficient (Wildman–Crippen LogP) is 2.37. The van der Waals surface area contributed by atoms with Gasteiger partial charge in [0.1, 0.15) is 17.3 Å². The second-order valence-corrected chi connectivity index (χ2v) is 7.19. The molecule has 1 atom stereocenters. The number of carbonyl (C=O) groups excluding carboxylic acids is 2. The summed E-state index contributed by atoms with van der Waals surface area (Å²) in [7, 11) is 0. The van der Waals surface area contributed by atoms with Crippen molar-refractivity contribution < 1.29 is 18.7 Å². The molecule has 31 heavy (non-hydrogen) atoms. The Kier molecular flexibility index (Phi) is 6.03. The molecule has 0 spiro atoms. The summed E-state index contributed by atoms with van der Waals surface area (Å²) in [4.78, 5) is 34.0. The summed E-state index contributed by atoms with van der Waals surface area (Å²) in [6.45, 7) is 3.16. The topological polar surface area (TPSA) is 98.1 Å². The minimum absolute atomic E-state index is 0.175. The summed E-state index contributed by atoms with van der Waals surface area (Å²) in [5.41, 5.74) is 2.20. The molecule has 3 heterocycles. The molecule has 0 saturated heterocycles. The zero-order chi connectivity index (χ0) is 21.8. The molecule has 1 aromatic carbocycles. The van der Waals surface area contributed by atoms with Crippen LogP contribution in [0.3, 0.4) is 0 Å². The lowest BCUT2D eigenvalue weighted by molar-refractivity contribution is 0.0776. The molecule has 3 aromatic rings. The Hall–Kier alpha value is -3.59. The molecule has 8 nitrogen and oxygen atoms in total. The van der Waals surface area contributed by atoms with E-state index in [1.165, 1.54) is 12.1 Å². The van der Waals surface area contributed by atoms with Gasteiger partial charge in [0.05, 0.1) is 37.1 Å². The number of halogens is 1. The van der Waals surface area contributed by atoms with E-state index in [1.54, 1.807) is 36.7 Å². The van der Waals surface area contributed by atoms with Crippen LogP contribution >= 0.6 is 0 Å². The van der Waals surface area contributed by atoms with Gasteiger partial charge in [-0.15, -0.1) is 0 Å². The van der Waals surface area contributed by atoms with Crippen LogP contribution in [-0.4, -0.2) is 33.0 Å². The Morgan fingerprint density at radius 1 is 1.19 bits per heavy atom. The van der Waals surface area contributed by atoms with Gasteiger partial charge in [-0.05, 0) is 36.8 Å². The minimum atomic E-state index is -0.334. The summed E-state index contributed by atoms with van der Waals surface area (Å²) >= 11 is 0. The summed E-state index contributed by atoms with van der Waals surface area (Å²) in [6, 6.07) is 8.92. The Balaban J connectivity index is 1.52. The standard InChI is InChI=1S/C22H22FN5O3/c1-14(15-3-5-16(23)6-4-15)27-22(30)18-11-17(19-13-31-10-9-28(18)19)21(29)26-12-20-24-7-2-8-25-20/h2-8,11,14H,9-10,12-13H2,1H3,(H,26,29)(H,27,30)/t14-/m1/s1. The number of ether oxygens (including phenoxy) is 1. The maximum absolute atomic E-state index is 13.2. The zero-order valence-electron chi connectivity index (χ0n) is 17.0. The average molecular weight is 423 g/mol. The molecule has 160 valence electrons. The third kappa shape index (κ3) is 4.61. The van der Waals surface area contributed by atoms with Crippen LogP contribution in [0.1, 0.15) is 50.9 Å². The summed E-state index contributed by atoms with van der Waals surface area (Å²) in [5.74, 6) is -0.483. The predicted molar refractivity (Wildman–Crippen MR) is 110 cm³/mol. The lowest BCUT2D eigenvalue weighted by atomic mass is 10.1. The zero-order valence-corrected chi connectivity index (χ0v) is 17.0. The quantitative estimate of drug-likeness (QED) is 0.634. The van der Waals surface area contributed by atoms with Crippen LogP contribution in [0, 0.1) is 5.82 Å². The summed E-state index contributed by atoms with van der Waals surface area (Å²) in [6.07, 6.45) is 3.21. The third-order valence-corrected chi connectivity index (χ3v) is 5.13. The van der Waals surface area contributed by atoms with E-state index in [9.17, 15) is 14.0 Å². The van der Waals surface area contributed by atoms with Crippen LogP contribution in [0.2, 0.25) is 0 Å². The number of nitrogens with zero attached hydrogens (tertiary/aromatic N) is 3.